The predicted octanol–water partition coefficient (Wildman–Crippen LogP) is 0.902. The lowest BCUT2D eigenvalue weighted by atomic mass is 9.83. The van der Waals surface area contributed by atoms with Crippen molar-refractivity contribution in [2.75, 3.05) is 6.61 Å². The Morgan fingerprint density at radius 2 is 2.18 bits per heavy atom. The van der Waals surface area contributed by atoms with Crippen LogP contribution in [-0.4, -0.2) is 18.6 Å². The van der Waals surface area contributed by atoms with Crippen LogP contribution >= 0.6 is 0 Å². The van der Waals surface area contributed by atoms with Gasteiger partial charge in [0.05, 0.1) is 6.61 Å². The van der Waals surface area contributed by atoms with Gasteiger partial charge in [-0.2, -0.15) is 0 Å². The molecule has 17 heavy (non-hydrogen) atoms. The van der Waals surface area contributed by atoms with E-state index in [4.69, 9.17) is 10.5 Å². The Balaban J connectivity index is 2.06. The summed E-state index contributed by atoms with van der Waals surface area (Å²) < 4.78 is 5.58. The number of benzene rings is 1. The van der Waals surface area contributed by atoms with Crippen LogP contribution in [0.1, 0.15) is 24.8 Å². The highest BCUT2D eigenvalue weighted by Gasteiger charge is 2.46. The Bertz CT molecular complexity index is 456. The molecule has 3 rings (SSSR count). The van der Waals surface area contributed by atoms with Crippen LogP contribution in [0.3, 0.4) is 0 Å². The molecule has 1 saturated carbocycles. The molecule has 90 valence electrons. The zero-order chi connectivity index (χ0) is 11.9. The number of nitrogens with two attached hydrogens (primary N) is 1. The molecule has 0 spiro atoms. The number of carbonyl (C=O) groups is 1. The van der Waals surface area contributed by atoms with Gasteiger partial charge in [0.15, 0.2) is 0 Å². The van der Waals surface area contributed by atoms with E-state index >= 15 is 0 Å². The number of primary amides is 1. The molecule has 0 radical (unpaired) electrons. The third-order valence-corrected chi connectivity index (χ3v) is 3.53. The van der Waals surface area contributed by atoms with Crippen molar-refractivity contribution in [2.24, 2.45) is 5.73 Å². The van der Waals surface area contributed by atoms with E-state index in [1.807, 2.05) is 24.3 Å². The lowest BCUT2D eigenvalue weighted by Gasteiger charge is -2.37. The van der Waals surface area contributed by atoms with Gasteiger partial charge in [-0.15, -0.1) is 0 Å². The van der Waals surface area contributed by atoms with Gasteiger partial charge in [-0.3, -0.25) is 10.1 Å². The highest BCUT2D eigenvalue weighted by atomic mass is 16.5. The van der Waals surface area contributed by atoms with Crippen molar-refractivity contribution in [3.63, 3.8) is 0 Å². The monoisotopic (exact) mass is 232 g/mol. The van der Waals surface area contributed by atoms with Crippen molar-refractivity contribution in [2.45, 2.75) is 30.8 Å². The Morgan fingerprint density at radius 3 is 2.88 bits per heavy atom. The number of fused-ring (bicyclic) bond motifs is 1. The fourth-order valence-corrected chi connectivity index (χ4v) is 2.45. The van der Waals surface area contributed by atoms with Crippen LogP contribution < -0.4 is 15.8 Å². The number of ether oxygens (including phenoxy) is 1. The zero-order valence-corrected chi connectivity index (χ0v) is 9.61. The highest BCUT2D eigenvalue weighted by Crippen LogP contribution is 2.39. The van der Waals surface area contributed by atoms with Crippen LogP contribution in [-0.2, 0) is 10.3 Å². The van der Waals surface area contributed by atoms with Gasteiger partial charge in [-0.1, -0.05) is 18.2 Å². The number of amides is 1. The van der Waals surface area contributed by atoms with E-state index in [1.165, 1.54) is 0 Å². The largest absolute Gasteiger partial charge is 0.493 e. The molecule has 4 nitrogen and oxygen atoms in total. The Morgan fingerprint density at radius 1 is 1.41 bits per heavy atom. The molecule has 1 atom stereocenters. The maximum absolute atomic E-state index is 11.9. The van der Waals surface area contributed by atoms with Crippen molar-refractivity contribution >= 4 is 5.91 Å². The van der Waals surface area contributed by atoms with E-state index in [9.17, 15) is 4.79 Å². The second-order valence-electron chi connectivity index (χ2n) is 4.78. The molecule has 1 unspecified atom stereocenters. The summed E-state index contributed by atoms with van der Waals surface area (Å²) in [5.41, 5.74) is 5.78. The van der Waals surface area contributed by atoms with Crippen LogP contribution in [0.2, 0.25) is 0 Å². The molecular weight excluding hydrogens is 216 g/mol. The quantitative estimate of drug-likeness (QED) is 0.814. The van der Waals surface area contributed by atoms with Crippen LogP contribution in [0, 0.1) is 0 Å². The third kappa shape index (κ3) is 1.69. The summed E-state index contributed by atoms with van der Waals surface area (Å²) in [7, 11) is 0. The maximum Gasteiger partial charge on any atom is 0.242 e. The molecule has 3 N–H and O–H groups in total. The first-order valence-electron chi connectivity index (χ1n) is 6.02. The summed E-state index contributed by atoms with van der Waals surface area (Å²) in [4.78, 5) is 11.9. The number of nitrogens with one attached hydrogen (secondary N) is 1. The van der Waals surface area contributed by atoms with Crippen molar-refractivity contribution in [1.29, 1.82) is 0 Å². The summed E-state index contributed by atoms with van der Waals surface area (Å²) in [6.45, 7) is 0.527. The molecule has 1 fully saturated rings. The summed E-state index contributed by atoms with van der Waals surface area (Å²) in [5.74, 6) is 0.464. The lowest BCUT2D eigenvalue weighted by molar-refractivity contribution is -0.126. The molecule has 1 aromatic rings. The first-order chi connectivity index (χ1) is 8.22. The third-order valence-electron chi connectivity index (χ3n) is 3.53. The van der Waals surface area contributed by atoms with Gasteiger partial charge in [0, 0.05) is 18.0 Å². The van der Waals surface area contributed by atoms with Crippen molar-refractivity contribution in [3.8, 4) is 5.75 Å². The molecule has 1 amide bonds. The molecule has 1 aliphatic carbocycles. The van der Waals surface area contributed by atoms with Gasteiger partial charge in [-0.25, -0.2) is 0 Å². The minimum atomic E-state index is -0.740. The van der Waals surface area contributed by atoms with Gasteiger partial charge < -0.3 is 10.5 Å². The molecule has 0 aromatic heterocycles. The predicted molar refractivity (Wildman–Crippen MR) is 63.6 cm³/mol. The molecule has 0 bridgehead atoms. The molecule has 1 aromatic carbocycles. The van der Waals surface area contributed by atoms with Crippen molar-refractivity contribution in [1.82, 2.24) is 5.32 Å². The maximum atomic E-state index is 11.9. The summed E-state index contributed by atoms with van der Waals surface area (Å²) in [6, 6.07) is 8.07. The first kappa shape index (κ1) is 10.6. The topological polar surface area (TPSA) is 64.4 Å². The highest BCUT2D eigenvalue weighted by molar-refractivity contribution is 5.87. The Hall–Kier alpha value is -1.55. The summed E-state index contributed by atoms with van der Waals surface area (Å²) >= 11 is 0. The number of hydrogen-bond acceptors (Lipinski definition) is 3. The molecular formula is C13H16N2O2. The van der Waals surface area contributed by atoms with Crippen LogP contribution in [0.25, 0.3) is 0 Å². The molecule has 4 heteroatoms. The van der Waals surface area contributed by atoms with Crippen LogP contribution in [0.15, 0.2) is 24.3 Å². The van der Waals surface area contributed by atoms with Gasteiger partial charge in [0.1, 0.15) is 11.3 Å². The Kier molecular flexibility index (Phi) is 2.33. The number of hydrogen-bond donors (Lipinski definition) is 2. The van der Waals surface area contributed by atoms with E-state index in [1.54, 1.807) is 0 Å². The fourth-order valence-electron chi connectivity index (χ4n) is 2.45. The van der Waals surface area contributed by atoms with Gasteiger partial charge >= 0.3 is 0 Å². The molecule has 0 saturated heterocycles. The van der Waals surface area contributed by atoms with E-state index in [2.05, 4.69) is 5.32 Å². The smallest absolute Gasteiger partial charge is 0.242 e. The number of rotatable bonds is 3. The van der Waals surface area contributed by atoms with Crippen molar-refractivity contribution in [3.05, 3.63) is 29.8 Å². The number of carbonyl (C=O) groups excluding carboxylic acids is 1. The summed E-state index contributed by atoms with van der Waals surface area (Å²) in [6.07, 6.45) is 2.85. The SMILES string of the molecule is NC(=O)C1(NC2CC2)CCOc2ccccc21. The normalized spacial score (nSPS) is 27.1. The number of para-hydroxylation sites is 1. The van der Waals surface area contributed by atoms with Gasteiger partial charge in [-0.05, 0) is 18.9 Å². The van der Waals surface area contributed by atoms with Gasteiger partial charge in [0.25, 0.3) is 0 Å². The van der Waals surface area contributed by atoms with Gasteiger partial charge in [0.2, 0.25) is 5.91 Å². The second-order valence-corrected chi connectivity index (χ2v) is 4.78. The average molecular weight is 232 g/mol. The summed E-state index contributed by atoms with van der Waals surface area (Å²) in [5, 5.41) is 3.41. The molecule has 1 heterocycles. The van der Waals surface area contributed by atoms with E-state index in [0.717, 1.165) is 24.2 Å². The molecule has 1 aliphatic heterocycles. The first-order valence-corrected chi connectivity index (χ1v) is 6.02. The van der Waals surface area contributed by atoms with E-state index < -0.39 is 5.54 Å². The van der Waals surface area contributed by atoms with E-state index in [-0.39, 0.29) is 5.91 Å². The molecule has 2 aliphatic rings. The second kappa shape index (κ2) is 3.74. The van der Waals surface area contributed by atoms with Crippen LogP contribution in [0.5, 0.6) is 5.75 Å². The standard InChI is InChI=1S/C13H16N2O2/c14-12(16)13(15-9-5-6-9)7-8-17-11-4-2-1-3-10(11)13/h1-4,9,15H,5-8H2,(H2,14,16). The van der Waals surface area contributed by atoms with E-state index in [0.29, 0.717) is 19.1 Å². The zero-order valence-electron chi connectivity index (χ0n) is 9.61. The van der Waals surface area contributed by atoms with Crippen LogP contribution in [0.4, 0.5) is 0 Å². The minimum Gasteiger partial charge on any atom is -0.493 e. The lowest BCUT2D eigenvalue weighted by Crippen LogP contribution is -2.55. The Labute approximate surface area is 100 Å². The fraction of sp³-hybridized carbons (Fsp3) is 0.462. The average Bonchev–Trinajstić information content (AvgIpc) is 3.13. The van der Waals surface area contributed by atoms with Crippen molar-refractivity contribution < 1.29 is 9.53 Å². The minimum absolute atomic E-state index is 0.305.